The van der Waals surface area contributed by atoms with Crippen molar-refractivity contribution in [1.29, 1.82) is 0 Å². The molecule has 3 rings (SSSR count). The number of rotatable bonds is 3. The molecule has 0 saturated heterocycles. The minimum Gasteiger partial charge on any atom is -0.314 e. The topological polar surface area (TPSA) is 24.9 Å². The van der Waals surface area contributed by atoms with E-state index >= 15 is 0 Å². The molecule has 2 aromatic rings. The summed E-state index contributed by atoms with van der Waals surface area (Å²) in [5, 5.41) is 4.52. The minimum atomic E-state index is -0.173. The van der Waals surface area contributed by atoms with Crippen molar-refractivity contribution in [1.82, 2.24) is 10.3 Å². The van der Waals surface area contributed by atoms with Gasteiger partial charge in [0.15, 0.2) is 0 Å². The second-order valence-electron chi connectivity index (χ2n) is 5.67. The average Bonchev–Trinajstić information content (AvgIpc) is 2.48. The van der Waals surface area contributed by atoms with Gasteiger partial charge in [-0.05, 0) is 68.0 Å². The van der Waals surface area contributed by atoms with Crippen molar-refractivity contribution in [2.75, 3.05) is 6.54 Å². The lowest BCUT2D eigenvalue weighted by atomic mass is 9.80. The standard InChI is InChI=1S/C17H21FN2/c1-2-19-14-6-3-12(4-7-14)15-9-10-20-17-8-5-13(18)11-16(15)17/h5,8-12,14,19H,2-4,6-7H2,1H3. The first-order valence-electron chi connectivity index (χ1n) is 7.55. The van der Waals surface area contributed by atoms with Gasteiger partial charge in [0, 0.05) is 17.6 Å². The largest absolute Gasteiger partial charge is 0.314 e. The SMILES string of the molecule is CCNC1CCC(c2ccnc3ccc(F)cc23)CC1. The molecule has 0 bridgehead atoms. The molecule has 3 heteroatoms. The predicted octanol–water partition coefficient (Wildman–Crippen LogP) is 4.01. The Bertz CT molecular complexity index is 589. The van der Waals surface area contributed by atoms with Crippen molar-refractivity contribution in [2.45, 2.75) is 44.6 Å². The van der Waals surface area contributed by atoms with E-state index in [-0.39, 0.29) is 5.82 Å². The van der Waals surface area contributed by atoms with Crippen LogP contribution in [-0.4, -0.2) is 17.6 Å². The average molecular weight is 272 g/mol. The minimum absolute atomic E-state index is 0.173. The van der Waals surface area contributed by atoms with Gasteiger partial charge >= 0.3 is 0 Å². The first-order valence-corrected chi connectivity index (χ1v) is 7.55. The molecule has 1 aliphatic carbocycles. The lowest BCUT2D eigenvalue weighted by Crippen LogP contribution is -2.32. The van der Waals surface area contributed by atoms with Gasteiger partial charge in [-0.2, -0.15) is 0 Å². The molecule has 0 radical (unpaired) electrons. The molecule has 0 spiro atoms. The molecule has 0 amide bonds. The van der Waals surface area contributed by atoms with E-state index in [1.807, 2.05) is 6.20 Å². The Morgan fingerprint density at radius 3 is 2.75 bits per heavy atom. The Hall–Kier alpha value is -1.48. The maximum absolute atomic E-state index is 13.5. The summed E-state index contributed by atoms with van der Waals surface area (Å²) in [6.45, 7) is 3.20. The molecule has 20 heavy (non-hydrogen) atoms. The Morgan fingerprint density at radius 2 is 2.00 bits per heavy atom. The van der Waals surface area contributed by atoms with Crippen LogP contribution in [0.3, 0.4) is 0 Å². The van der Waals surface area contributed by atoms with Crippen LogP contribution in [0.15, 0.2) is 30.5 Å². The van der Waals surface area contributed by atoms with Crippen LogP contribution >= 0.6 is 0 Å². The Kier molecular flexibility index (Phi) is 3.97. The zero-order valence-electron chi connectivity index (χ0n) is 11.9. The number of benzene rings is 1. The Balaban J connectivity index is 1.86. The van der Waals surface area contributed by atoms with Crippen LogP contribution in [0.4, 0.5) is 4.39 Å². The molecule has 1 heterocycles. The quantitative estimate of drug-likeness (QED) is 0.913. The zero-order chi connectivity index (χ0) is 13.9. The van der Waals surface area contributed by atoms with Crippen molar-refractivity contribution < 1.29 is 4.39 Å². The first kappa shape index (κ1) is 13.5. The van der Waals surface area contributed by atoms with Crippen LogP contribution < -0.4 is 5.32 Å². The van der Waals surface area contributed by atoms with Crippen LogP contribution in [0.5, 0.6) is 0 Å². The van der Waals surface area contributed by atoms with Crippen molar-refractivity contribution >= 4 is 10.9 Å². The normalized spacial score (nSPS) is 23.1. The summed E-state index contributed by atoms with van der Waals surface area (Å²) in [4.78, 5) is 4.34. The summed E-state index contributed by atoms with van der Waals surface area (Å²) < 4.78 is 13.5. The third kappa shape index (κ3) is 2.68. The number of aromatic nitrogens is 1. The summed E-state index contributed by atoms with van der Waals surface area (Å²) in [5.74, 6) is 0.366. The third-order valence-electron chi connectivity index (χ3n) is 4.40. The highest BCUT2D eigenvalue weighted by molar-refractivity contribution is 5.82. The number of halogens is 1. The number of hydrogen-bond acceptors (Lipinski definition) is 2. The molecule has 1 aromatic carbocycles. The highest BCUT2D eigenvalue weighted by Crippen LogP contribution is 2.36. The van der Waals surface area contributed by atoms with E-state index in [0.29, 0.717) is 12.0 Å². The van der Waals surface area contributed by atoms with Crippen LogP contribution in [-0.2, 0) is 0 Å². The number of hydrogen-bond donors (Lipinski definition) is 1. The molecule has 1 fully saturated rings. The highest BCUT2D eigenvalue weighted by atomic mass is 19.1. The van der Waals surface area contributed by atoms with Crippen molar-refractivity contribution in [3.63, 3.8) is 0 Å². The van der Waals surface area contributed by atoms with Gasteiger partial charge in [0.25, 0.3) is 0 Å². The van der Waals surface area contributed by atoms with Gasteiger partial charge in [0.05, 0.1) is 5.52 Å². The highest BCUT2D eigenvalue weighted by Gasteiger charge is 2.23. The van der Waals surface area contributed by atoms with Crippen molar-refractivity contribution in [3.8, 4) is 0 Å². The van der Waals surface area contributed by atoms with Crippen LogP contribution in [0.25, 0.3) is 10.9 Å². The first-order chi connectivity index (χ1) is 9.78. The van der Waals surface area contributed by atoms with Gasteiger partial charge < -0.3 is 5.32 Å². The smallest absolute Gasteiger partial charge is 0.123 e. The van der Waals surface area contributed by atoms with E-state index in [2.05, 4.69) is 23.3 Å². The number of nitrogens with one attached hydrogen (secondary N) is 1. The molecule has 2 nitrogen and oxygen atoms in total. The molecular formula is C17H21FN2. The second-order valence-corrected chi connectivity index (χ2v) is 5.67. The van der Waals surface area contributed by atoms with Gasteiger partial charge in [0.2, 0.25) is 0 Å². The molecular weight excluding hydrogens is 251 g/mol. The second kappa shape index (κ2) is 5.88. The van der Waals surface area contributed by atoms with E-state index in [9.17, 15) is 4.39 Å². The van der Waals surface area contributed by atoms with E-state index in [1.165, 1.54) is 37.3 Å². The number of fused-ring (bicyclic) bond motifs is 1. The fourth-order valence-corrected chi connectivity index (χ4v) is 3.39. The zero-order valence-corrected chi connectivity index (χ0v) is 11.9. The molecule has 0 atom stereocenters. The van der Waals surface area contributed by atoms with Crippen LogP contribution in [0.1, 0.15) is 44.1 Å². The molecule has 0 unspecified atom stereocenters. The number of pyridine rings is 1. The van der Waals surface area contributed by atoms with E-state index in [1.54, 1.807) is 12.1 Å². The van der Waals surface area contributed by atoms with Gasteiger partial charge in [-0.15, -0.1) is 0 Å². The van der Waals surface area contributed by atoms with Gasteiger partial charge in [-0.3, -0.25) is 4.98 Å². The van der Waals surface area contributed by atoms with Crippen LogP contribution in [0.2, 0.25) is 0 Å². The van der Waals surface area contributed by atoms with Gasteiger partial charge in [0.1, 0.15) is 5.82 Å². The Morgan fingerprint density at radius 1 is 1.20 bits per heavy atom. The third-order valence-corrected chi connectivity index (χ3v) is 4.40. The molecule has 1 aromatic heterocycles. The van der Waals surface area contributed by atoms with E-state index < -0.39 is 0 Å². The lowest BCUT2D eigenvalue weighted by Gasteiger charge is -2.29. The lowest BCUT2D eigenvalue weighted by molar-refractivity contribution is 0.349. The summed E-state index contributed by atoms with van der Waals surface area (Å²) >= 11 is 0. The summed E-state index contributed by atoms with van der Waals surface area (Å²) in [6.07, 6.45) is 6.61. The van der Waals surface area contributed by atoms with E-state index in [0.717, 1.165) is 17.4 Å². The van der Waals surface area contributed by atoms with Crippen molar-refractivity contribution in [3.05, 3.63) is 41.8 Å². The summed E-state index contributed by atoms with van der Waals surface area (Å²) in [6, 6.07) is 7.62. The van der Waals surface area contributed by atoms with Gasteiger partial charge in [-0.25, -0.2) is 4.39 Å². The van der Waals surface area contributed by atoms with Crippen molar-refractivity contribution in [2.24, 2.45) is 0 Å². The summed E-state index contributed by atoms with van der Waals surface area (Å²) in [5.41, 5.74) is 2.17. The fourth-order valence-electron chi connectivity index (χ4n) is 3.39. The molecule has 1 aliphatic rings. The van der Waals surface area contributed by atoms with Gasteiger partial charge in [-0.1, -0.05) is 6.92 Å². The molecule has 1 N–H and O–H groups in total. The number of nitrogens with zero attached hydrogens (tertiary/aromatic N) is 1. The molecule has 1 saturated carbocycles. The van der Waals surface area contributed by atoms with Crippen LogP contribution in [0, 0.1) is 5.82 Å². The monoisotopic (exact) mass is 272 g/mol. The molecule has 0 aliphatic heterocycles. The van der Waals surface area contributed by atoms with E-state index in [4.69, 9.17) is 0 Å². The Labute approximate surface area is 119 Å². The maximum Gasteiger partial charge on any atom is 0.123 e. The maximum atomic E-state index is 13.5. The molecule has 106 valence electrons. The predicted molar refractivity (Wildman–Crippen MR) is 80.4 cm³/mol. The summed E-state index contributed by atoms with van der Waals surface area (Å²) in [7, 11) is 0. The fraction of sp³-hybridized carbons (Fsp3) is 0.471.